The van der Waals surface area contributed by atoms with E-state index in [0.717, 1.165) is 4.90 Å². The number of primary amides is 1. The summed E-state index contributed by atoms with van der Waals surface area (Å²) in [6.45, 7) is -1.08. The molecule has 1 aliphatic heterocycles. The molecule has 172 valence electrons. The highest BCUT2D eigenvalue weighted by atomic mass is 35.5. The Morgan fingerprint density at radius 3 is 2.42 bits per heavy atom. The fourth-order valence-electron chi connectivity index (χ4n) is 2.97. The third kappa shape index (κ3) is 5.04. The maximum absolute atomic E-state index is 12.3. The van der Waals surface area contributed by atoms with Crippen LogP contribution in [0, 0.1) is 0 Å². The van der Waals surface area contributed by atoms with Gasteiger partial charge in [-0.15, -0.1) is 0 Å². The summed E-state index contributed by atoms with van der Waals surface area (Å²) < 4.78 is 15.3. The van der Waals surface area contributed by atoms with Gasteiger partial charge in [-0.05, 0) is 30.3 Å². The lowest BCUT2D eigenvalue weighted by molar-refractivity contribution is -0.120. The number of nitrogens with zero attached hydrogens (tertiary/aromatic N) is 1. The number of rotatable bonds is 8. The molecule has 3 N–H and O–H groups in total. The van der Waals surface area contributed by atoms with Crippen LogP contribution in [0.4, 0.5) is 5.69 Å². The highest BCUT2D eigenvalue weighted by Crippen LogP contribution is 2.36. The summed E-state index contributed by atoms with van der Waals surface area (Å²) in [6.07, 6.45) is 0. The molecule has 4 amide bonds. The average Bonchev–Trinajstić information content (AvgIpc) is 2.99. The first-order chi connectivity index (χ1) is 15.6. The predicted octanol–water partition coefficient (Wildman–Crippen LogP) is 1.23. The summed E-state index contributed by atoms with van der Waals surface area (Å²) >= 11 is 6.09. The second kappa shape index (κ2) is 9.57. The summed E-state index contributed by atoms with van der Waals surface area (Å²) in [7, 11) is 2.66. The first kappa shape index (κ1) is 23.5. The molecule has 2 aromatic rings. The van der Waals surface area contributed by atoms with Crippen molar-refractivity contribution in [2.45, 2.75) is 0 Å². The van der Waals surface area contributed by atoms with Crippen molar-refractivity contribution >= 4 is 46.9 Å². The summed E-state index contributed by atoms with van der Waals surface area (Å²) in [6, 6.07) is 6.74. The van der Waals surface area contributed by atoms with Crippen LogP contribution in [0.25, 0.3) is 0 Å². The van der Waals surface area contributed by atoms with E-state index < -0.39 is 42.8 Å². The van der Waals surface area contributed by atoms with E-state index in [1.165, 1.54) is 44.5 Å². The normalized spacial score (nSPS) is 12.3. The Hall–Kier alpha value is -4.12. The van der Waals surface area contributed by atoms with Gasteiger partial charge in [0.2, 0.25) is 0 Å². The zero-order chi connectivity index (χ0) is 24.3. The second-order valence-electron chi connectivity index (χ2n) is 6.80. The van der Waals surface area contributed by atoms with E-state index in [1.807, 2.05) is 0 Å². The summed E-state index contributed by atoms with van der Waals surface area (Å²) in [5.74, 6) is -3.11. The molecule has 0 aromatic heterocycles. The first-order valence-corrected chi connectivity index (χ1v) is 9.72. The van der Waals surface area contributed by atoms with Crippen molar-refractivity contribution in [1.82, 2.24) is 4.90 Å². The molecule has 11 nitrogen and oxygen atoms in total. The Bertz CT molecular complexity index is 1180. The molecule has 1 aliphatic rings. The number of ether oxygens (including phenoxy) is 3. The number of carbonyl (C=O) groups excluding carboxylic acids is 5. The van der Waals surface area contributed by atoms with Gasteiger partial charge in [-0.1, -0.05) is 11.6 Å². The summed E-state index contributed by atoms with van der Waals surface area (Å²) in [5.41, 5.74) is 5.67. The fourth-order valence-corrected chi connectivity index (χ4v) is 3.24. The minimum absolute atomic E-state index is 0.0162. The molecule has 33 heavy (non-hydrogen) atoms. The highest BCUT2D eigenvalue weighted by Gasteiger charge is 2.32. The monoisotopic (exact) mass is 475 g/mol. The van der Waals surface area contributed by atoms with E-state index in [-0.39, 0.29) is 38.9 Å². The third-order valence-corrected chi connectivity index (χ3v) is 4.81. The number of methoxy groups -OCH3 is 1. The van der Waals surface area contributed by atoms with Crippen molar-refractivity contribution in [3.8, 4) is 11.5 Å². The number of imide groups is 1. The number of anilines is 1. The van der Waals surface area contributed by atoms with Crippen LogP contribution in [0.3, 0.4) is 0 Å². The number of nitrogens with two attached hydrogens (primary N) is 1. The summed E-state index contributed by atoms with van der Waals surface area (Å²) in [4.78, 5) is 60.4. The summed E-state index contributed by atoms with van der Waals surface area (Å²) in [5, 5.41) is 2.45. The molecule has 12 heteroatoms. The van der Waals surface area contributed by atoms with E-state index in [0.29, 0.717) is 0 Å². The van der Waals surface area contributed by atoms with E-state index >= 15 is 0 Å². The largest absolute Gasteiger partial charge is 0.493 e. The van der Waals surface area contributed by atoms with Gasteiger partial charge in [-0.25, -0.2) is 4.79 Å². The molecule has 0 saturated carbocycles. The van der Waals surface area contributed by atoms with Crippen LogP contribution in [0.5, 0.6) is 11.5 Å². The molecule has 1 heterocycles. The number of benzene rings is 2. The minimum Gasteiger partial charge on any atom is -0.493 e. The van der Waals surface area contributed by atoms with Gasteiger partial charge >= 0.3 is 5.97 Å². The van der Waals surface area contributed by atoms with Gasteiger partial charge in [0.05, 0.1) is 28.8 Å². The van der Waals surface area contributed by atoms with Crippen molar-refractivity contribution in [3.63, 3.8) is 0 Å². The van der Waals surface area contributed by atoms with Crippen LogP contribution in [0.15, 0.2) is 30.3 Å². The van der Waals surface area contributed by atoms with Crippen LogP contribution < -0.4 is 20.5 Å². The topological polar surface area (TPSA) is 154 Å². The van der Waals surface area contributed by atoms with Gasteiger partial charge in [0.1, 0.15) is 0 Å². The Kier molecular flexibility index (Phi) is 6.83. The third-order valence-electron chi connectivity index (χ3n) is 4.53. The van der Waals surface area contributed by atoms with E-state index in [9.17, 15) is 24.0 Å². The van der Waals surface area contributed by atoms with Crippen molar-refractivity contribution in [2.24, 2.45) is 5.73 Å². The molecular formula is C21H18ClN3O8. The van der Waals surface area contributed by atoms with Crippen LogP contribution in [0.1, 0.15) is 31.1 Å². The standard InChI is InChI=1S/C21H18ClN3O8/c1-25-19(28)12-4-3-11(7-13(12)20(25)29)24-17(27)9-33-21(30)10-5-14(22)18(15(6-10)31-2)32-8-16(23)26/h3-7H,8-9H2,1-2H3,(H2,23,26)(H,24,27). The fraction of sp³-hybridized carbons (Fsp3) is 0.190. The number of esters is 1. The van der Waals surface area contributed by atoms with Crippen LogP contribution in [-0.4, -0.2) is 61.9 Å². The van der Waals surface area contributed by atoms with E-state index in [2.05, 4.69) is 5.32 Å². The SMILES string of the molecule is COc1cc(C(=O)OCC(=O)Nc2ccc3c(c2)C(=O)N(C)C3=O)cc(Cl)c1OCC(N)=O. The maximum atomic E-state index is 12.3. The second-order valence-corrected chi connectivity index (χ2v) is 7.21. The van der Waals surface area contributed by atoms with E-state index in [4.69, 9.17) is 31.5 Å². The zero-order valence-corrected chi connectivity index (χ0v) is 18.2. The van der Waals surface area contributed by atoms with Crippen molar-refractivity contribution in [3.05, 3.63) is 52.0 Å². The Balaban J connectivity index is 1.64. The quantitative estimate of drug-likeness (QED) is 0.426. The molecule has 0 radical (unpaired) electrons. The number of fused-ring (bicyclic) bond motifs is 1. The number of nitrogens with one attached hydrogen (secondary N) is 1. The van der Waals surface area contributed by atoms with Gasteiger partial charge in [-0.2, -0.15) is 0 Å². The molecule has 2 aromatic carbocycles. The molecule has 0 saturated heterocycles. The molecule has 0 atom stereocenters. The van der Waals surface area contributed by atoms with Gasteiger partial charge in [0, 0.05) is 12.7 Å². The number of halogens is 1. The van der Waals surface area contributed by atoms with Crippen molar-refractivity contribution in [1.29, 1.82) is 0 Å². The Morgan fingerprint density at radius 1 is 1.06 bits per heavy atom. The maximum Gasteiger partial charge on any atom is 0.338 e. The Morgan fingerprint density at radius 2 is 1.76 bits per heavy atom. The zero-order valence-electron chi connectivity index (χ0n) is 17.5. The van der Waals surface area contributed by atoms with Crippen molar-refractivity contribution in [2.75, 3.05) is 32.7 Å². The van der Waals surface area contributed by atoms with Gasteiger partial charge in [0.25, 0.3) is 23.6 Å². The molecule has 0 unspecified atom stereocenters. The highest BCUT2D eigenvalue weighted by molar-refractivity contribution is 6.32. The lowest BCUT2D eigenvalue weighted by atomic mass is 10.1. The minimum atomic E-state index is -0.872. The first-order valence-electron chi connectivity index (χ1n) is 9.34. The lowest BCUT2D eigenvalue weighted by Crippen LogP contribution is -2.24. The van der Waals surface area contributed by atoms with Crippen LogP contribution in [0.2, 0.25) is 5.02 Å². The van der Waals surface area contributed by atoms with E-state index in [1.54, 1.807) is 0 Å². The van der Waals surface area contributed by atoms with Crippen molar-refractivity contribution < 1.29 is 38.2 Å². The lowest BCUT2D eigenvalue weighted by Gasteiger charge is -2.13. The number of amides is 4. The van der Waals surface area contributed by atoms with Crippen LogP contribution in [-0.2, 0) is 14.3 Å². The predicted molar refractivity (Wildman–Crippen MR) is 114 cm³/mol. The van der Waals surface area contributed by atoms with Gasteiger partial charge in [0.15, 0.2) is 24.7 Å². The molecule has 0 fully saturated rings. The number of hydrogen-bond acceptors (Lipinski definition) is 8. The Labute approximate surface area is 192 Å². The van der Waals surface area contributed by atoms with Gasteiger partial charge in [-0.3, -0.25) is 24.1 Å². The van der Waals surface area contributed by atoms with Crippen LogP contribution >= 0.6 is 11.6 Å². The van der Waals surface area contributed by atoms with Gasteiger partial charge < -0.3 is 25.3 Å². The number of carbonyl (C=O) groups is 5. The molecule has 3 rings (SSSR count). The average molecular weight is 476 g/mol. The molecular weight excluding hydrogens is 458 g/mol. The molecule has 0 bridgehead atoms. The molecule has 0 aliphatic carbocycles. The number of hydrogen-bond donors (Lipinski definition) is 2. The smallest absolute Gasteiger partial charge is 0.338 e. The molecule has 0 spiro atoms.